The van der Waals surface area contributed by atoms with Crippen molar-refractivity contribution in [3.63, 3.8) is 0 Å². The van der Waals surface area contributed by atoms with E-state index in [9.17, 15) is 0 Å². The maximum Gasteiger partial charge on any atom is 0.269 e. The van der Waals surface area contributed by atoms with Gasteiger partial charge in [0.2, 0.25) is 0 Å². The molecule has 0 N–H and O–H groups in total. The summed E-state index contributed by atoms with van der Waals surface area (Å²) in [5.74, 6) is 1.36. The van der Waals surface area contributed by atoms with E-state index in [1.807, 2.05) is 116 Å². The van der Waals surface area contributed by atoms with E-state index in [0.717, 1.165) is 27.4 Å². The molecule has 0 atom stereocenters. The fourth-order valence-electron chi connectivity index (χ4n) is 8.26. The molecule has 0 bridgehead atoms. The highest BCUT2D eigenvalue weighted by Crippen LogP contribution is 2.39. The Labute approximate surface area is 389 Å². The van der Waals surface area contributed by atoms with Crippen molar-refractivity contribution in [1.82, 2.24) is 19.1 Å². The zero-order valence-electron chi connectivity index (χ0n) is 47.0. The summed E-state index contributed by atoms with van der Waals surface area (Å²) in [4.78, 5) is 9.79. The molecule has 4 heterocycles. The number of para-hydroxylation sites is 4. The second kappa shape index (κ2) is 16.0. The summed E-state index contributed by atoms with van der Waals surface area (Å²) >= 11 is 0. The lowest BCUT2D eigenvalue weighted by Gasteiger charge is -2.18. The largest absolute Gasteiger partial charge is 0.456 e. The van der Waals surface area contributed by atoms with Gasteiger partial charge in [-0.2, -0.15) is 0 Å². The zero-order chi connectivity index (χ0) is 53.7. The van der Waals surface area contributed by atoms with E-state index in [0.29, 0.717) is 45.3 Å². The van der Waals surface area contributed by atoms with Gasteiger partial charge in [0.25, 0.3) is 6.33 Å². The molecule has 0 saturated heterocycles. The Kier molecular flexibility index (Phi) is 6.94. The SMILES string of the molecule is [2H]c1c([2H])c([2H])c(-c2cccc(-c3c([2H])c([2H])c([2H])c([2H])c3[2H])c2-[n+]2[c-]n(-c3cnc(-c4ccccc4)c(Oc4ccc5c6ccccc6n(-c6cc(C([2H])([2H])C(C)(C)C)ccn6)c5c4)c3)c3ccccc32)c([2H])c1[2H]. The van der Waals surface area contributed by atoms with Crippen molar-refractivity contribution in [2.24, 2.45) is 5.41 Å². The van der Waals surface area contributed by atoms with E-state index >= 15 is 0 Å². The number of rotatable bonds is 9. The van der Waals surface area contributed by atoms with Crippen molar-refractivity contribution >= 4 is 32.8 Å². The first-order valence-electron chi connectivity index (χ1n) is 26.7. The van der Waals surface area contributed by atoms with Crippen molar-refractivity contribution in [3.05, 3.63) is 218 Å². The minimum absolute atomic E-state index is 0.120. The number of aromatic nitrogens is 5. The smallest absolute Gasteiger partial charge is 0.269 e. The summed E-state index contributed by atoms with van der Waals surface area (Å²) in [5.41, 5.74) is 4.30. The molecule has 4 aromatic heterocycles. The summed E-state index contributed by atoms with van der Waals surface area (Å²) in [7, 11) is 0. The highest BCUT2D eigenvalue weighted by atomic mass is 16.5. The lowest BCUT2D eigenvalue weighted by Crippen LogP contribution is -2.31. The highest BCUT2D eigenvalue weighted by Gasteiger charge is 2.22. The topological polar surface area (TPSA) is 48.8 Å². The molecule has 0 spiro atoms. The minimum Gasteiger partial charge on any atom is -0.456 e. The third-order valence-corrected chi connectivity index (χ3v) is 10.9. The first kappa shape index (κ1) is 27.8. The van der Waals surface area contributed by atoms with Gasteiger partial charge in [-0.1, -0.05) is 172 Å². The van der Waals surface area contributed by atoms with Gasteiger partial charge in [-0.3, -0.25) is 18.7 Å². The molecule has 6 nitrogen and oxygen atoms in total. The number of benzene rings is 7. The van der Waals surface area contributed by atoms with Gasteiger partial charge in [0.05, 0.1) is 47.1 Å². The first-order valence-corrected chi connectivity index (χ1v) is 20.7. The van der Waals surface area contributed by atoms with Crippen molar-refractivity contribution in [1.29, 1.82) is 0 Å². The zero-order valence-corrected chi connectivity index (χ0v) is 35.0. The molecule has 0 saturated carbocycles. The fourth-order valence-corrected chi connectivity index (χ4v) is 8.26. The molecule has 6 heteroatoms. The summed E-state index contributed by atoms with van der Waals surface area (Å²) < 4.78 is 118. The number of pyridine rings is 2. The van der Waals surface area contributed by atoms with Crippen LogP contribution in [0.2, 0.25) is 0 Å². The quantitative estimate of drug-likeness (QED) is 0.107. The molecule has 7 aromatic carbocycles. The fraction of sp³-hybridized carbons (Fsp3) is 0.0862. The van der Waals surface area contributed by atoms with Crippen LogP contribution in [-0.4, -0.2) is 19.1 Å². The Morgan fingerprint density at radius 1 is 0.641 bits per heavy atom. The monoisotopic (exact) mass is 839 g/mol. The van der Waals surface area contributed by atoms with Gasteiger partial charge in [-0.15, -0.1) is 0 Å². The molecule has 308 valence electrons. The number of imidazole rings is 1. The van der Waals surface area contributed by atoms with Gasteiger partial charge in [-0.05, 0) is 76.0 Å². The average molecular weight is 840 g/mol. The van der Waals surface area contributed by atoms with Crippen LogP contribution in [0.1, 0.15) is 42.8 Å². The van der Waals surface area contributed by atoms with Crippen LogP contribution in [0.25, 0.3) is 83.5 Å². The molecule has 0 aliphatic rings. The second-order valence-electron chi connectivity index (χ2n) is 16.3. The molecule has 0 amide bonds. The van der Waals surface area contributed by atoms with Gasteiger partial charge >= 0.3 is 0 Å². The van der Waals surface area contributed by atoms with E-state index in [1.54, 1.807) is 64.0 Å². The Balaban J connectivity index is 1.13. The van der Waals surface area contributed by atoms with E-state index in [-0.39, 0.29) is 27.9 Å². The van der Waals surface area contributed by atoms with E-state index in [4.69, 9.17) is 31.2 Å². The average Bonchev–Trinajstić information content (AvgIpc) is 4.00. The van der Waals surface area contributed by atoms with Gasteiger partial charge in [0, 0.05) is 37.5 Å². The summed E-state index contributed by atoms with van der Waals surface area (Å²) in [5, 5.41) is 1.89. The van der Waals surface area contributed by atoms with Crippen LogP contribution in [0.4, 0.5) is 0 Å². The van der Waals surface area contributed by atoms with Crippen LogP contribution in [0, 0.1) is 11.7 Å². The van der Waals surface area contributed by atoms with Crippen molar-refractivity contribution in [3.8, 4) is 62.2 Å². The molecular weight excluding hydrogens is 783 g/mol. The van der Waals surface area contributed by atoms with Crippen molar-refractivity contribution < 1.29 is 25.8 Å². The van der Waals surface area contributed by atoms with Crippen LogP contribution in [0.3, 0.4) is 0 Å². The van der Waals surface area contributed by atoms with Crippen LogP contribution in [0.5, 0.6) is 11.5 Å². The van der Waals surface area contributed by atoms with E-state index < -0.39 is 72.2 Å². The van der Waals surface area contributed by atoms with Crippen LogP contribution >= 0.6 is 0 Å². The number of ether oxygens (including phenoxy) is 1. The Hall–Kier alpha value is -8.09. The first-order chi connectivity index (χ1) is 36.3. The van der Waals surface area contributed by atoms with Crippen LogP contribution in [0.15, 0.2) is 206 Å². The number of fused-ring (bicyclic) bond motifs is 4. The van der Waals surface area contributed by atoms with Gasteiger partial charge in [0.15, 0.2) is 0 Å². The second-order valence-corrected chi connectivity index (χ2v) is 16.3. The van der Waals surface area contributed by atoms with E-state index in [1.165, 1.54) is 0 Å². The number of hydrogen-bond acceptors (Lipinski definition) is 3. The molecule has 0 fully saturated rings. The van der Waals surface area contributed by atoms with Gasteiger partial charge < -0.3 is 4.74 Å². The minimum atomic E-state index is -1.67. The maximum absolute atomic E-state index is 9.08. The third kappa shape index (κ3) is 7.19. The number of hydrogen-bond donors (Lipinski definition) is 0. The summed E-state index contributed by atoms with van der Waals surface area (Å²) in [6.45, 7) is 5.62. The van der Waals surface area contributed by atoms with Crippen LogP contribution in [-0.2, 0) is 6.37 Å². The summed E-state index contributed by atoms with van der Waals surface area (Å²) in [6.07, 6.45) is 5.06. The van der Waals surface area contributed by atoms with Crippen LogP contribution < -0.4 is 9.30 Å². The molecule has 11 aromatic rings. The normalized spacial score (nSPS) is 14.6. The van der Waals surface area contributed by atoms with E-state index in [2.05, 4.69) is 6.33 Å². The Morgan fingerprint density at radius 2 is 1.31 bits per heavy atom. The van der Waals surface area contributed by atoms with Crippen molar-refractivity contribution in [2.75, 3.05) is 0 Å². The standard InChI is InChI=1S/C58H45N5O/c1-58(2,3)37-40-32-33-59-55(34-40)63-50-27-14-13-24-48(50)49-31-30-45(36-53(49)63)64-54-35-44(38-60-56(54)43-22-11-6-12-23-43)61-39-62(52-29-16-15-28-51(52)61)57-46(41-18-7-4-8-19-41)25-17-26-47(57)42-20-9-5-10-21-42/h4-36,38H,37H2,1-3H3/i4D,5D,7D,8D,9D,10D,18D,19D,20D,21D,37D2. The Morgan fingerprint density at radius 3 is 2.05 bits per heavy atom. The maximum atomic E-state index is 9.08. The molecule has 64 heavy (non-hydrogen) atoms. The molecule has 0 aliphatic carbocycles. The third-order valence-electron chi connectivity index (χ3n) is 10.9. The van der Waals surface area contributed by atoms with Crippen molar-refractivity contribution in [2.45, 2.75) is 27.1 Å². The molecule has 0 radical (unpaired) electrons. The highest BCUT2D eigenvalue weighted by molar-refractivity contribution is 6.09. The van der Waals surface area contributed by atoms with Gasteiger partial charge in [0.1, 0.15) is 23.0 Å². The van der Waals surface area contributed by atoms with Gasteiger partial charge in [-0.25, -0.2) is 4.98 Å². The molecule has 0 aliphatic heterocycles. The lowest BCUT2D eigenvalue weighted by atomic mass is 9.88. The lowest BCUT2D eigenvalue weighted by molar-refractivity contribution is -0.571. The summed E-state index contributed by atoms with van der Waals surface area (Å²) in [6, 6.07) is 35.1. The number of nitrogens with zero attached hydrogens (tertiary/aromatic N) is 5. The predicted octanol–water partition coefficient (Wildman–Crippen LogP) is 14.0. The molecule has 0 unspecified atom stereocenters. The molecular formula is C58H45N5O. The Bertz CT molecular complexity index is 4040. The molecule has 11 rings (SSSR count). The predicted molar refractivity (Wildman–Crippen MR) is 260 cm³/mol.